The first-order valence-electron chi connectivity index (χ1n) is 5.51. The minimum Gasteiger partial charge on any atom is -0.481 e. The van der Waals surface area contributed by atoms with Crippen LogP contribution in [0.2, 0.25) is 0 Å². The Morgan fingerprint density at radius 3 is 2.88 bits per heavy atom. The number of nitrogens with one attached hydrogen (secondary N) is 2. The van der Waals surface area contributed by atoms with Crippen LogP contribution in [0.25, 0.3) is 0 Å². The zero-order valence-electron chi connectivity index (χ0n) is 9.27. The van der Waals surface area contributed by atoms with E-state index in [-0.39, 0.29) is 24.9 Å². The predicted octanol–water partition coefficient (Wildman–Crippen LogP) is 0.614. The average Bonchev–Trinajstić information content (AvgIpc) is 2.71. The van der Waals surface area contributed by atoms with Crippen molar-refractivity contribution in [3.63, 3.8) is 0 Å². The minimum atomic E-state index is -0.909. The first-order chi connectivity index (χ1) is 8.16. The summed E-state index contributed by atoms with van der Waals surface area (Å²) in [6.45, 7) is 0.169. The Morgan fingerprint density at radius 1 is 1.41 bits per heavy atom. The maximum atomic E-state index is 11.7. The van der Waals surface area contributed by atoms with E-state index in [4.69, 9.17) is 5.11 Å². The van der Waals surface area contributed by atoms with E-state index in [1.165, 1.54) is 0 Å². The first-order valence-corrected chi connectivity index (χ1v) is 5.51. The Bertz CT molecular complexity index is 420. The molecule has 0 aliphatic carbocycles. The fourth-order valence-corrected chi connectivity index (χ4v) is 1.87. The van der Waals surface area contributed by atoms with E-state index in [0.717, 1.165) is 11.3 Å². The number of anilines is 1. The Labute approximate surface area is 98.8 Å². The Hall–Kier alpha value is -2.04. The van der Waals surface area contributed by atoms with Crippen molar-refractivity contribution in [2.75, 3.05) is 11.9 Å². The molecule has 0 unspecified atom stereocenters. The molecule has 0 saturated heterocycles. The number of hydrogen-bond donors (Lipinski definition) is 3. The summed E-state index contributed by atoms with van der Waals surface area (Å²) in [7, 11) is 0. The summed E-state index contributed by atoms with van der Waals surface area (Å²) in [5.74, 6) is -1.06. The highest BCUT2D eigenvalue weighted by Gasteiger charge is 2.25. The molecule has 1 aromatic carbocycles. The van der Waals surface area contributed by atoms with Crippen LogP contribution < -0.4 is 10.6 Å². The molecule has 3 N–H and O–H groups in total. The minimum absolute atomic E-state index is 0.0502. The van der Waals surface area contributed by atoms with Crippen molar-refractivity contribution in [3.05, 3.63) is 29.8 Å². The van der Waals surface area contributed by atoms with Crippen molar-refractivity contribution in [3.8, 4) is 0 Å². The molecule has 1 heterocycles. The lowest BCUT2D eigenvalue weighted by Gasteiger charge is -2.10. The number of para-hydroxylation sites is 1. The van der Waals surface area contributed by atoms with E-state index in [1.54, 1.807) is 0 Å². The molecule has 5 heteroatoms. The van der Waals surface area contributed by atoms with Crippen molar-refractivity contribution in [2.45, 2.75) is 18.9 Å². The van der Waals surface area contributed by atoms with Gasteiger partial charge in [-0.15, -0.1) is 0 Å². The summed E-state index contributed by atoms with van der Waals surface area (Å²) in [5.41, 5.74) is 2.09. The monoisotopic (exact) mass is 234 g/mol. The number of benzene rings is 1. The molecule has 1 aromatic rings. The van der Waals surface area contributed by atoms with Crippen LogP contribution in [0.15, 0.2) is 24.3 Å². The van der Waals surface area contributed by atoms with Gasteiger partial charge >= 0.3 is 5.97 Å². The van der Waals surface area contributed by atoms with Gasteiger partial charge in [-0.05, 0) is 11.6 Å². The topological polar surface area (TPSA) is 78.4 Å². The van der Waals surface area contributed by atoms with Gasteiger partial charge in [0.25, 0.3) is 0 Å². The van der Waals surface area contributed by atoms with Crippen molar-refractivity contribution in [2.24, 2.45) is 0 Å². The lowest BCUT2D eigenvalue weighted by atomic mass is 10.1. The fourth-order valence-electron chi connectivity index (χ4n) is 1.87. The summed E-state index contributed by atoms with van der Waals surface area (Å²) in [5, 5.41) is 14.2. The standard InChI is InChI=1S/C12H14N2O3/c15-11(16)5-6-13-12(17)10-7-8-3-1-2-4-9(8)14-10/h1-4,10,14H,5-7H2,(H,13,17)(H,15,16)/t10-/m0/s1. The molecule has 17 heavy (non-hydrogen) atoms. The number of amides is 1. The summed E-state index contributed by atoms with van der Waals surface area (Å²) in [6, 6.07) is 7.47. The highest BCUT2D eigenvalue weighted by molar-refractivity contribution is 5.87. The van der Waals surface area contributed by atoms with Crippen molar-refractivity contribution < 1.29 is 14.7 Å². The van der Waals surface area contributed by atoms with Crippen LogP contribution in [0.4, 0.5) is 5.69 Å². The molecule has 1 atom stereocenters. The number of rotatable bonds is 4. The average molecular weight is 234 g/mol. The fraction of sp³-hybridized carbons (Fsp3) is 0.333. The molecular formula is C12H14N2O3. The molecule has 5 nitrogen and oxygen atoms in total. The van der Waals surface area contributed by atoms with Crippen LogP contribution >= 0.6 is 0 Å². The third-order valence-electron chi connectivity index (χ3n) is 2.73. The molecule has 1 aliphatic heterocycles. The quantitative estimate of drug-likeness (QED) is 0.713. The number of carboxylic acids is 1. The van der Waals surface area contributed by atoms with Gasteiger partial charge < -0.3 is 15.7 Å². The highest BCUT2D eigenvalue weighted by Crippen LogP contribution is 2.24. The highest BCUT2D eigenvalue weighted by atomic mass is 16.4. The van der Waals surface area contributed by atoms with E-state index < -0.39 is 5.97 Å². The van der Waals surface area contributed by atoms with Gasteiger partial charge in [-0.3, -0.25) is 9.59 Å². The smallest absolute Gasteiger partial charge is 0.305 e. The molecule has 2 rings (SSSR count). The van der Waals surface area contributed by atoms with Gasteiger partial charge in [0.1, 0.15) is 6.04 Å². The molecule has 0 saturated carbocycles. The van der Waals surface area contributed by atoms with Crippen molar-refractivity contribution >= 4 is 17.6 Å². The van der Waals surface area contributed by atoms with E-state index in [9.17, 15) is 9.59 Å². The molecular weight excluding hydrogens is 220 g/mol. The van der Waals surface area contributed by atoms with Crippen LogP contribution in [0, 0.1) is 0 Å². The van der Waals surface area contributed by atoms with Crippen molar-refractivity contribution in [1.82, 2.24) is 5.32 Å². The van der Waals surface area contributed by atoms with E-state index in [2.05, 4.69) is 10.6 Å². The second-order valence-electron chi connectivity index (χ2n) is 3.99. The summed E-state index contributed by atoms with van der Waals surface area (Å²) in [4.78, 5) is 22.0. The summed E-state index contributed by atoms with van der Waals surface area (Å²) >= 11 is 0. The Balaban J connectivity index is 1.86. The third kappa shape index (κ3) is 2.75. The van der Waals surface area contributed by atoms with Gasteiger partial charge in [0.05, 0.1) is 6.42 Å². The maximum Gasteiger partial charge on any atom is 0.305 e. The van der Waals surface area contributed by atoms with E-state index in [0.29, 0.717) is 6.42 Å². The summed E-state index contributed by atoms with van der Waals surface area (Å²) in [6.07, 6.45) is 0.598. The molecule has 0 bridgehead atoms. The molecule has 1 amide bonds. The number of fused-ring (bicyclic) bond motifs is 1. The zero-order chi connectivity index (χ0) is 12.3. The van der Waals surface area contributed by atoms with Gasteiger partial charge in [-0.2, -0.15) is 0 Å². The van der Waals surface area contributed by atoms with Crippen LogP contribution in [0.3, 0.4) is 0 Å². The Morgan fingerprint density at radius 2 is 2.18 bits per heavy atom. The van der Waals surface area contributed by atoms with Gasteiger partial charge in [-0.25, -0.2) is 0 Å². The predicted molar refractivity (Wildman–Crippen MR) is 62.8 cm³/mol. The lowest BCUT2D eigenvalue weighted by molar-refractivity contribution is -0.136. The number of hydrogen-bond acceptors (Lipinski definition) is 3. The van der Waals surface area contributed by atoms with Crippen LogP contribution in [0.1, 0.15) is 12.0 Å². The number of carbonyl (C=O) groups is 2. The van der Waals surface area contributed by atoms with Crippen LogP contribution in [0.5, 0.6) is 0 Å². The normalized spacial score (nSPS) is 17.1. The van der Waals surface area contributed by atoms with Gasteiger partial charge in [0.2, 0.25) is 5.91 Å². The largest absolute Gasteiger partial charge is 0.481 e. The maximum absolute atomic E-state index is 11.7. The van der Waals surface area contributed by atoms with Gasteiger partial charge in [0.15, 0.2) is 0 Å². The van der Waals surface area contributed by atoms with Crippen LogP contribution in [-0.4, -0.2) is 29.6 Å². The molecule has 0 aromatic heterocycles. The Kier molecular flexibility index (Phi) is 3.27. The third-order valence-corrected chi connectivity index (χ3v) is 2.73. The number of carboxylic acid groups (broad SMARTS) is 1. The second kappa shape index (κ2) is 4.86. The van der Waals surface area contributed by atoms with Gasteiger partial charge in [0, 0.05) is 18.7 Å². The molecule has 0 radical (unpaired) electrons. The lowest BCUT2D eigenvalue weighted by Crippen LogP contribution is -2.39. The van der Waals surface area contributed by atoms with E-state index >= 15 is 0 Å². The molecule has 1 aliphatic rings. The SMILES string of the molecule is O=C(O)CCNC(=O)[C@@H]1Cc2ccccc2N1. The molecule has 90 valence electrons. The molecule has 0 fully saturated rings. The van der Waals surface area contributed by atoms with E-state index in [1.807, 2.05) is 24.3 Å². The second-order valence-corrected chi connectivity index (χ2v) is 3.99. The first kappa shape index (κ1) is 11.4. The van der Waals surface area contributed by atoms with Crippen molar-refractivity contribution in [1.29, 1.82) is 0 Å². The van der Waals surface area contributed by atoms with Gasteiger partial charge in [-0.1, -0.05) is 18.2 Å². The number of carbonyl (C=O) groups excluding carboxylic acids is 1. The zero-order valence-corrected chi connectivity index (χ0v) is 9.27. The van der Waals surface area contributed by atoms with Crippen LogP contribution in [-0.2, 0) is 16.0 Å². The summed E-state index contributed by atoms with van der Waals surface area (Å²) < 4.78 is 0. The molecule has 0 spiro atoms. The number of aliphatic carboxylic acids is 1.